The number of anilines is 1. The van der Waals surface area contributed by atoms with E-state index in [2.05, 4.69) is 63.7 Å². The second kappa shape index (κ2) is 22.2. The number of hydrogen-bond donors (Lipinski definition) is 1. The molecule has 0 saturated carbocycles. The summed E-state index contributed by atoms with van der Waals surface area (Å²) in [4.78, 5) is 29.7. The monoisotopic (exact) mass is 890 g/mol. The molecule has 11 nitrogen and oxygen atoms in total. The molecule has 0 fully saturated rings. The summed E-state index contributed by atoms with van der Waals surface area (Å²) in [6.07, 6.45) is 17.1. The van der Waals surface area contributed by atoms with Gasteiger partial charge in [-0.15, -0.1) is 0 Å². The minimum Gasteiger partial charge on any atom is -0.455 e. The van der Waals surface area contributed by atoms with E-state index in [1.807, 2.05) is 19.1 Å². The van der Waals surface area contributed by atoms with Crippen LogP contribution in [0.3, 0.4) is 0 Å². The van der Waals surface area contributed by atoms with Gasteiger partial charge in [0.05, 0.1) is 37.9 Å². The van der Waals surface area contributed by atoms with Crippen molar-refractivity contribution in [1.82, 2.24) is 14.6 Å². The van der Waals surface area contributed by atoms with Gasteiger partial charge in [-0.25, -0.2) is 14.0 Å². The number of alkyl carbamates (subject to hydrolysis) is 1. The van der Waals surface area contributed by atoms with E-state index >= 15 is 0 Å². The summed E-state index contributed by atoms with van der Waals surface area (Å²) >= 11 is 0. The van der Waals surface area contributed by atoms with E-state index in [0.717, 1.165) is 151 Å². The molecule has 5 aliphatic heterocycles. The standard InChI is InChI=1S/C52H68N5O6P/c1-4-26-57(27-5-2)64(62-33-16-24-53)61-32-11-7-6-10-25-54-52(59)60-34-23-37(3)49(58)41-19-9-8-18-40(41)46-42-20-13-30-56-31-15-22-44(48(42)56)51-45(46)36-39-35-38-17-12-28-55-29-14-21-43(47(38)55)50(39)63-51/h8-9,18-19,35-37H,4-7,10-17,20-23,25-34H2,1-3H3/p+1. The van der Waals surface area contributed by atoms with E-state index in [4.69, 9.17) is 23.8 Å². The Balaban J connectivity index is 0.896. The highest BCUT2D eigenvalue weighted by Gasteiger charge is 2.37. The number of benzene rings is 3. The van der Waals surface area contributed by atoms with Crippen molar-refractivity contribution in [3.8, 4) is 28.7 Å². The average molecular weight is 891 g/mol. The molecule has 0 radical (unpaired) electrons. The Morgan fingerprint density at radius 2 is 1.64 bits per heavy atom. The van der Waals surface area contributed by atoms with Crippen LogP contribution in [0.25, 0.3) is 17.2 Å². The zero-order valence-corrected chi connectivity index (χ0v) is 39.5. The third kappa shape index (κ3) is 10.2. The first-order chi connectivity index (χ1) is 31.4. The number of nitriles is 1. The van der Waals surface area contributed by atoms with Crippen LogP contribution in [-0.4, -0.2) is 82.2 Å². The first kappa shape index (κ1) is 46.2. The van der Waals surface area contributed by atoms with Crippen molar-refractivity contribution >= 4 is 32.2 Å². The molecule has 342 valence electrons. The molecule has 12 heteroatoms. The summed E-state index contributed by atoms with van der Waals surface area (Å²) in [6.45, 7) is 14.1. The predicted molar refractivity (Wildman–Crippen MR) is 255 cm³/mol. The van der Waals surface area contributed by atoms with Crippen molar-refractivity contribution in [2.45, 2.75) is 124 Å². The zero-order chi connectivity index (χ0) is 44.4. The summed E-state index contributed by atoms with van der Waals surface area (Å²) in [5.74, 6) is 1.76. The Morgan fingerprint density at radius 3 is 2.44 bits per heavy atom. The normalized spacial score (nSPS) is 16.6. The molecule has 5 aliphatic rings. The van der Waals surface area contributed by atoms with Crippen molar-refractivity contribution in [2.24, 2.45) is 5.92 Å². The van der Waals surface area contributed by atoms with E-state index in [-0.39, 0.29) is 18.3 Å². The number of nitrogens with one attached hydrogen (secondary N) is 1. The van der Waals surface area contributed by atoms with Crippen molar-refractivity contribution in [1.29, 1.82) is 5.26 Å². The van der Waals surface area contributed by atoms with Gasteiger partial charge in [-0.1, -0.05) is 57.9 Å². The second-order valence-corrected chi connectivity index (χ2v) is 19.7. The summed E-state index contributed by atoms with van der Waals surface area (Å²) in [5, 5.41) is 14.4. The fourth-order valence-corrected chi connectivity index (χ4v) is 12.3. The number of amides is 1. The zero-order valence-electron chi connectivity index (χ0n) is 38.6. The molecule has 0 saturated heterocycles. The van der Waals surface area contributed by atoms with Crippen LogP contribution >= 0.6 is 8.53 Å². The lowest BCUT2D eigenvalue weighted by Gasteiger charge is -2.40. The Bertz CT molecular complexity index is 2330. The topological polar surface area (TPSA) is 116 Å². The highest BCUT2D eigenvalue weighted by atomic mass is 31.2. The van der Waals surface area contributed by atoms with E-state index in [0.29, 0.717) is 38.2 Å². The number of unbranched alkanes of at least 4 members (excludes halogenated alkanes) is 3. The number of ketones is 1. The number of hydrogen-bond acceptors (Lipinski definition) is 9. The molecule has 1 N–H and O–H groups in total. The van der Waals surface area contributed by atoms with Gasteiger partial charge >= 0.3 is 6.09 Å². The van der Waals surface area contributed by atoms with Crippen LogP contribution in [0.15, 0.2) is 30.3 Å². The van der Waals surface area contributed by atoms with Gasteiger partial charge in [0.15, 0.2) is 5.78 Å². The van der Waals surface area contributed by atoms with Crippen LogP contribution in [-0.2, 0) is 39.5 Å². The van der Waals surface area contributed by atoms with Crippen LogP contribution in [0, 0.1) is 17.2 Å². The summed E-state index contributed by atoms with van der Waals surface area (Å²) in [5.41, 5.74) is 10.8. The number of carbonyl (C=O) groups excluding carboxylic acids is 2. The highest BCUT2D eigenvalue weighted by Crippen LogP contribution is 2.52. The molecule has 3 aromatic carbocycles. The highest BCUT2D eigenvalue weighted by molar-refractivity contribution is 7.44. The number of Topliss-reactive ketones (excluding diaryl/α,β-unsaturated/α-hetero) is 1. The van der Waals surface area contributed by atoms with Gasteiger partial charge < -0.3 is 28.7 Å². The lowest BCUT2D eigenvalue weighted by molar-refractivity contribution is 0.0891. The predicted octanol–water partition coefficient (Wildman–Crippen LogP) is 9.16. The Kier molecular flexibility index (Phi) is 16.1. The van der Waals surface area contributed by atoms with Crippen molar-refractivity contribution in [3.63, 3.8) is 0 Å². The SMILES string of the molecule is CCCN(CCC)P(OCCC#N)OCCCCCCNC(=O)OCCC(C)C(=O)c1ccccc1-c1c2c(c3c4c1CCCN4CCC3)Oc1c3c4c(cc1=C2)CCC[N+]=4CCC3. The fourth-order valence-electron chi connectivity index (χ4n) is 10.6. The number of rotatable bonds is 22. The van der Waals surface area contributed by atoms with Gasteiger partial charge in [-0.3, -0.25) is 4.79 Å². The molecule has 3 aromatic rings. The molecule has 8 rings (SSSR count). The maximum atomic E-state index is 14.5. The van der Waals surface area contributed by atoms with Crippen molar-refractivity contribution in [3.05, 3.63) is 74.3 Å². The molecule has 0 spiro atoms. The first-order valence-corrected chi connectivity index (χ1v) is 25.7. The molecule has 5 heterocycles. The van der Waals surface area contributed by atoms with Crippen LogP contribution in [0.4, 0.5) is 10.5 Å². The molecule has 64 heavy (non-hydrogen) atoms. The number of carbonyl (C=O) groups is 2. The minimum atomic E-state index is -1.16. The van der Waals surface area contributed by atoms with E-state index in [9.17, 15) is 9.59 Å². The summed E-state index contributed by atoms with van der Waals surface area (Å²) < 4.78 is 29.8. The molecular formula is C52H69N5O6P+. The van der Waals surface area contributed by atoms with Gasteiger partial charge in [0.25, 0.3) is 8.53 Å². The molecule has 2 atom stereocenters. The van der Waals surface area contributed by atoms with Gasteiger partial charge in [0.2, 0.25) is 5.36 Å². The smallest absolute Gasteiger partial charge is 0.407 e. The number of ether oxygens (including phenoxy) is 2. The lowest BCUT2D eigenvalue weighted by Crippen LogP contribution is -2.45. The molecule has 0 bridgehead atoms. The first-order valence-electron chi connectivity index (χ1n) is 24.6. The van der Waals surface area contributed by atoms with Gasteiger partial charge in [-0.2, -0.15) is 5.26 Å². The van der Waals surface area contributed by atoms with Gasteiger partial charge in [-0.05, 0) is 99.5 Å². The van der Waals surface area contributed by atoms with Crippen LogP contribution in [0.2, 0.25) is 0 Å². The lowest BCUT2D eigenvalue weighted by atomic mass is 9.79. The van der Waals surface area contributed by atoms with Gasteiger partial charge in [0.1, 0.15) is 24.6 Å². The molecule has 0 aliphatic carbocycles. The molecular weight excluding hydrogens is 822 g/mol. The van der Waals surface area contributed by atoms with Crippen molar-refractivity contribution < 1.29 is 28.1 Å². The third-order valence-electron chi connectivity index (χ3n) is 13.5. The van der Waals surface area contributed by atoms with E-state index in [1.165, 1.54) is 44.9 Å². The summed E-state index contributed by atoms with van der Waals surface area (Å²) in [6, 6.07) is 12.7. The largest absolute Gasteiger partial charge is 0.455 e. The Labute approximate surface area is 381 Å². The summed E-state index contributed by atoms with van der Waals surface area (Å²) in [7, 11) is -1.16. The maximum absolute atomic E-state index is 14.5. The Morgan fingerprint density at radius 1 is 0.906 bits per heavy atom. The third-order valence-corrected chi connectivity index (χ3v) is 15.2. The number of nitrogens with zero attached hydrogens (tertiary/aromatic N) is 4. The minimum absolute atomic E-state index is 0.0652. The molecule has 0 aromatic heterocycles. The van der Waals surface area contributed by atoms with Crippen LogP contribution in [0.5, 0.6) is 11.5 Å². The quantitative estimate of drug-likeness (QED) is 0.0357. The fraction of sp³-hybridized carbons (Fsp3) is 0.577. The second-order valence-electron chi connectivity index (χ2n) is 18.2. The van der Waals surface area contributed by atoms with Crippen LogP contribution < -0.4 is 30.1 Å². The maximum Gasteiger partial charge on any atom is 0.407 e. The van der Waals surface area contributed by atoms with E-state index in [1.54, 1.807) is 0 Å². The van der Waals surface area contributed by atoms with Gasteiger partial charge in [0, 0.05) is 84.6 Å². The van der Waals surface area contributed by atoms with Crippen molar-refractivity contribution in [2.75, 3.05) is 70.5 Å². The van der Waals surface area contributed by atoms with Crippen LogP contribution in [0.1, 0.15) is 136 Å². The number of fused-ring (bicyclic) bond motifs is 4. The average Bonchev–Trinajstić information content (AvgIpc) is 3.31. The number of aryl methyl sites for hydroxylation is 1. The molecule has 2 unspecified atom stereocenters. The molecule has 1 amide bonds. The van der Waals surface area contributed by atoms with E-state index < -0.39 is 14.6 Å². The Hall–Kier alpha value is -4.33.